The fourth-order valence-electron chi connectivity index (χ4n) is 0.933. The van der Waals surface area contributed by atoms with Crippen LogP contribution in [0.25, 0.3) is 11.0 Å². The zero-order chi connectivity index (χ0) is 8.72. The largest absolute Gasteiger partial charge is 0.504 e. The van der Waals surface area contributed by atoms with E-state index in [9.17, 15) is 0 Å². The lowest BCUT2D eigenvalue weighted by Crippen LogP contribution is -1.71. The van der Waals surface area contributed by atoms with Crippen LogP contribution in [0.2, 0.25) is 0 Å². The minimum atomic E-state index is -0.199. The molecule has 0 unspecified atom stereocenters. The van der Waals surface area contributed by atoms with E-state index >= 15 is 0 Å². The van der Waals surface area contributed by atoms with Gasteiger partial charge in [-0.25, -0.2) is 0 Å². The molecule has 0 aliphatic heterocycles. The Labute approximate surface area is 80.9 Å². The molecule has 0 saturated heterocycles. The summed E-state index contributed by atoms with van der Waals surface area (Å²) in [6.45, 7) is 0. The maximum absolute atomic E-state index is 9.14. The monoisotopic (exact) mass is 277 g/mol. The van der Waals surface area contributed by atoms with E-state index in [0.717, 1.165) is 0 Å². The van der Waals surface area contributed by atoms with Crippen LogP contribution in [0.15, 0.2) is 16.7 Å². The molecule has 0 amide bonds. The normalized spacial score (nSPS) is 10.8. The van der Waals surface area contributed by atoms with Crippen molar-refractivity contribution >= 4 is 33.6 Å². The van der Waals surface area contributed by atoms with Crippen molar-refractivity contribution in [2.75, 3.05) is 0 Å². The number of hydrogen-bond donors (Lipinski definition) is 2. The summed E-state index contributed by atoms with van der Waals surface area (Å²) in [6.07, 6.45) is 0. The highest BCUT2D eigenvalue weighted by molar-refractivity contribution is 14.1. The number of nitrogens with zero attached hydrogens (tertiary/aromatic N) is 1. The Balaban J connectivity index is 2.87. The van der Waals surface area contributed by atoms with Crippen molar-refractivity contribution < 1.29 is 14.7 Å². The number of aromatic hydroxyl groups is 2. The van der Waals surface area contributed by atoms with E-state index in [4.69, 9.17) is 14.7 Å². The Morgan fingerprint density at radius 1 is 1.25 bits per heavy atom. The first-order valence-electron chi connectivity index (χ1n) is 3.15. The van der Waals surface area contributed by atoms with Gasteiger partial charge in [-0.05, 0) is 28.7 Å². The summed E-state index contributed by atoms with van der Waals surface area (Å²) in [5.74, 6) is -0.362. The number of phenols is 2. The molecule has 5 heteroatoms. The smallest absolute Gasteiger partial charge is 0.171 e. The van der Waals surface area contributed by atoms with Gasteiger partial charge in [-0.3, -0.25) is 0 Å². The summed E-state index contributed by atoms with van der Waals surface area (Å²) in [5.41, 5.74) is 0.467. The van der Waals surface area contributed by atoms with Crippen molar-refractivity contribution in [2.24, 2.45) is 0 Å². The number of hydrogen-bond acceptors (Lipinski definition) is 4. The van der Waals surface area contributed by atoms with E-state index in [2.05, 4.69) is 5.16 Å². The zero-order valence-corrected chi connectivity index (χ0v) is 7.94. The maximum atomic E-state index is 9.14. The quantitative estimate of drug-likeness (QED) is 0.569. The highest BCUT2D eigenvalue weighted by Gasteiger charge is 2.09. The van der Waals surface area contributed by atoms with Crippen LogP contribution in [0.5, 0.6) is 11.5 Å². The predicted molar refractivity (Wildman–Crippen MR) is 50.1 cm³/mol. The Morgan fingerprint density at radius 3 is 2.67 bits per heavy atom. The average Bonchev–Trinajstić information content (AvgIpc) is 2.35. The van der Waals surface area contributed by atoms with Gasteiger partial charge in [0.15, 0.2) is 20.8 Å². The van der Waals surface area contributed by atoms with E-state index in [-0.39, 0.29) is 11.5 Å². The lowest BCUT2D eigenvalue weighted by atomic mass is 10.2. The van der Waals surface area contributed by atoms with Crippen molar-refractivity contribution in [1.29, 1.82) is 0 Å². The average molecular weight is 277 g/mol. The van der Waals surface area contributed by atoms with Gasteiger partial charge in [0.05, 0.1) is 5.39 Å². The van der Waals surface area contributed by atoms with Crippen LogP contribution in [-0.4, -0.2) is 15.4 Å². The third-order valence-electron chi connectivity index (χ3n) is 1.52. The van der Waals surface area contributed by atoms with Gasteiger partial charge in [0.25, 0.3) is 0 Å². The number of rotatable bonds is 0. The van der Waals surface area contributed by atoms with Crippen LogP contribution < -0.4 is 0 Å². The summed E-state index contributed by atoms with van der Waals surface area (Å²) >= 11 is 1.98. The van der Waals surface area contributed by atoms with Crippen LogP contribution >= 0.6 is 22.6 Å². The standard InChI is InChI=1S/C7H4INO3/c8-7-3-1-4(10)5(11)2-6(3)12-9-7/h1-2,10-11H. The molecule has 1 heterocycles. The Hall–Kier alpha value is -0.980. The molecule has 0 bridgehead atoms. The SMILES string of the molecule is Oc1cc2onc(I)c2cc1O. The van der Waals surface area contributed by atoms with Gasteiger partial charge in [-0.1, -0.05) is 5.16 Å². The minimum absolute atomic E-state index is 0.163. The number of benzene rings is 1. The molecule has 2 rings (SSSR count). The molecule has 4 nitrogen and oxygen atoms in total. The summed E-state index contributed by atoms with van der Waals surface area (Å²) in [7, 11) is 0. The number of phenolic OH excluding ortho intramolecular Hbond substituents is 2. The molecule has 12 heavy (non-hydrogen) atoms. The molecule has 0 aliphatic rings. The van der Waals surface area contributed by atoms with E-state index in [1.165, 1.54) is 12.1 Å². The second-order valence-electron chi connectivity index (χ2n) is 2.31. The number of halogens is 1. The van der Waals surface area contributed by atoms with E-state index in [0.29, 0.717) is 14.7 Å². The fourth-order valence-corrected chi connectivity index (χ4v) is 1.45. The molecule has 2 aromatic rings. The van der Waals surface area contributed by atoms with Crippen molar-refractivity contribution in [2.45, 2.75) is 0 Å². The first-order chi connectivity index (χ1) is 5.68. The highest BCUT2D eigenvalue weighted by atomic mass is 127. The van der Waals surface area contributed by atoms with Gasteiger partial charge >= 0.3 is 0 Å². The van der Waals surface area contributed by atoms with Gasteiger partial charge < -0.3 is 14.7 Å². The molecule has 0 aliphatic carbocycles. The van der Waals surface area contributed by atoms with Crippen LogP contribution in [0.4, 0.5) is 0 Å². The predicted octanol–water partition coefficient (Wildman–Crippen LogP) is 1.84. The van der Waals surface area contributed by atoms with Crippen LogP contribution in [0, 0.1) is 3.70 Å². The Bertz CT molecular complexity index is 437. The van der Waals surface area contributed by atoms with Gasteiger partial charge in [0.1, 0.15) is 0 Å². The van der Waals surface area contributed by atoms with Gasteiger partial charge in [-0.2, -0.15) is 0 Å². The fraction of sp³-hybridized carbons (Fsp3) is 0. The van der Waals surface area contributed by atoms with E-state index in [1.807, 2.05) is 22.6 Å². The van der Waals surface area contributed by atoms with Gasteiger partial charge in [0.2, 0.25) is 0 Å². The lowest BCUT2D eigenvalue weighted by Gasteiger charge is -1.94. The first kappa shape index (κ1) is 7.66. The van der Waals surface area contributed by atoms with E-state index < -0.39 is 0 Å². The Kier molecular flexibility index (Phi) is 1.60. The summed E-state index contributed by atoms with van der Waals surface area (Å²) in [5, 5.41) is 22.6. The molecule has 0 spiro atoms. The molecule has 0 radical (unpaired) electrons. The van der Waals surface area contributed by atoms with Crippen LogP contribution in [-0.2, 0) is 0 Å². The third kappa shape index (κ3) is 1.01. The Morgan fingerprint density at radius 2 is 1.92 bits per heavy atom. The second kappa shape index (κ2) is 2.51. The number of aromatic nitrogens is 1. The molecule has 0 atom stereocenters. The first-order valence-corrected chi connectivity index (χ1v) is 4.23. The van der Waals surface area contributed by atoms with Crippen molar-refractivity contribution in [3.63, 3.8) is 0 Å². The van der Waals surface area contributed by atoms with Crippen LogP contribution in [0.3, 0.4) is 0 Å². The highest BCUT2D eigenvalue weighted by Crippen LogP contribution is 2.31. The molecule has 1 aromatic heterocycles. The number of fused-ring (bicyclic) bond motifs is 1. The third-order valence-corrected chi connectivity index (χ3v) is 2.30. The lowest BCUT2D eigenvalue weighted by molar-refractivity contribution is 0.402. The molecule has 1 aromatic carbocycles. The van der Waals surface area contributed by atoms with Crippen molar-refractivity contribution in [3.8, 4) is 11.5 Å². The maximum Gasteiger partial charge on any atom is 0.171 e. The minimum Gasteiger partial charge on any atom is -0.504 e. The molecular weight excluding hydrogens is 273 g/mol. The molecule has 2 N–H and O–H groups in total. The molecular formula is C7H4INO3. The van der Waals surface area contributed by atoms with E-state index in [1.54, 1.807) is 0 Å². The molecule has 0 fully saturated rings. The topological polar surface area (TPSA) is 66.5 Å². The summed E-state index contributed by atoms with van der Waals surface area (Å²) in [6, 6.07) is 2.75. The summed E-state index contributed by atoms with van der Waals surface area (Å²) in [4.78, 5) is 0. The van der Waals surface area contributed by atoms with Gasteiger partial charge in [0, 0.05) is 6.07 Å². The second-order valence-corrected chi connectivity index (χ2v) is 3.33. The molecule has 0 saturated carbocycles. The van der Waals surface area contributed by atoms with Crippen molar-refractivity contribution in [1.82, 2.24) is 5.16 Å². The van der Waals surface area contributed by atoms with Crippen LogP contribution in [0.1, 0.15) is 0 Å². The zero-order valence-electron chi connectivity index (χ0n) is 5.78. The van der Waals surface area contributed by atoms with Gasteiger partial charge in [-0.15, -0.1) is 0 Å². The molecule has 62 valence electrons. The summed E-state index contributed by atoms with van der Waals surface area (Å²) < 4.78 is 5.52. The van der Waals surface area contributed by atoms with Crippen molar-refractivity contribution in [3.05, 3.63) is 15.8 Å².